The minimum Gasteiger partial charge on any atom is -0.309 e. The largest absolute Gasteiger partial charge is 0.418 e. The molecule has 0 spiro atoms. The molecule has 6 aromatic carbocycles. The van der Waals surface area contributed by atoms with Crippen LogP contribution in [0.15, 0.2) is 140 Å². The van der Waals surface area contributed by atoms with Gasteiger partial charge < -0.3 is 4.57 Å². The van der Waals surface area contributed by atoms with Crippen LogP contribution in [0.5, 0.6) is 0 Å². The molecular weight excluding hydrogens is 656 g/mol. The Morgan fingerprint density at radius 1 is 0.462 bits per heavy atom. The molecule has 0 amide bonds. The highest BCUT2D eigenvalue weighted by atomic mass is 19.4. The Kier molecular flexibility index (Phi) is 7.09. The number of nitrogens with zero attached hydrogens (tertiary/aromatic N) is 5. The molecule has 9 rings (SSSR count). The van der Waals surface area contributed by atoms with E-state index in [1.54, 1.807) is 10.6 Å². The van der Waals surface area contributed by atoms with Gasteiger partial charge in [-0.1, -0.05) is 112 Å². The van der Waals surface area contributed by atoms with Gasteiger partial charge in [0, 0.05) is 32.7 Å². The van der Waals surface area contributed by atoms with Crippen molar-refractivity contribution in [3.05, 3.63) is 151 Å². The third-order valence-corrected chi connectivity index (χ3v) is 9.78. The Balaban J connectivity index is 1.29. The number of para-hydroxylation sites is 3. The zero-order valence-electron chi connectivity index (χ0n) is 28.6. The van der Waals surface area contributed by atoms with Crippen molar-refractivity contribution < 1.29 is 13.2 Å². The molecule has 8 heteroatoms. The molecule has 254 valence electrons. The molecule has 9 aromatic rings. The molecule has 0 aliphatic carbocycles. The van der Waals surface area contributed by atoms with Crippen LogP contribution < -0.4 is 0 Å². The Hall–Kier alpha value is -6.28. The zero-order chi connectivity index (χ0) is 35.8. The van der Waals surface area contributed by atoms with E-state index in [4.69, 9.17) is 15.0 Å². The standard InChI is InChI=1S/C44H32F3N5/c1-43(2,3)29-22-24-38-33(26-29)32-17-9-10-18-35(32)51(38)39-23-21-28(25-34(39)44(45,46)47)41-48-40(27-13-5-4-6-14-27)49-42(50-41)52-36-19-11-7-15-30(36)31-16-8-12-20-37(31)52/h4-26H,1-3H3. The first-order valence-corrected chi connectivity index (χ1v) is 17.1. The minimum atomic E-state index is -4.68. The first-order chi connectivity index (χ1) is 25.1. The molecule has 0 unspecified atom stereocenters. The molecule has 3 heterocycles. The molecular formula is C44H32F3N5. The van der Waals surface area contributed by atoms with Crippen LogP contribution in [0.3, 0.4) is 0 Å². The normalized spacial score (nSPS) is 12.4. The van der Waals surface area contributed by atoms with Gasteiger partial charge in [0.2, 0.25) is 5.95 Å². The molecule has 0 saturated heterocycles. The lowest BCUT2D eigenvalue weighted by Gasteiger charge is -2.20. The van der Waals surface area contributed by atoms with Gasteiger partial charge in [0.1, 0.15) is 0 Å². The van der Waals surface area contributed by atoms with Gasteiger partial charge >= 0.3 is 6.18 Å². The smallest absolute Gasteiger partial charge is 0.309 e. The molecule has 0 saturated carbocycles. The highest BCUT2D eigenvalue weighted by Crippen LogP contribution is 2.41. The van der Waals surface area contributed by atoms with Crippen LogP contribution in [0.2, 0.25) is 0 Å². The predicted octanol–water partition coefficient (Wildman–Crippen LogP) is 11.7. The molecule has 3 aromatic heterocycles. The van der Waals surface area contributed by atoms with Gasteiger partial charge in [-0.2, -0.15) is 23.1 Å². The van der Waals surface area contributed by atoms with Crippen LogP contribution in [-0.4, -0.2) is 24.1 Å². The molecule has 0 fully saturated rings. The van der Waals surface area contributed by atoms with Gasteiger partial charge in [0.15, 0.2) is 11.6 Å². The van der Waals surface area contributed by atoms with Crippen LogP contribution in [-0.2, 0) is 11.6 Å². The van der Waals surface area contributed by atoms with Crippen LogP contribution in [0.25, 0.3) is 78.0 Å². The fourth-order valence-corrected chi connectivity index (χ4v) is 7.24. The number of alkyl halides is 3. The van der Waals surface area contributed by atoms with E-state index in [-0.39, 0.29) is 22.5 Å². The van der Waals surface area contributed by atoms with Crippen molar-refractivity contribution in [3.63, 3.8) is 0 Å². The SMILES string of the molecule is CC(C)(C)c1ccc2c(c1)c1ccccc1n2-c1ccc(-c2nc(-c3ccccc3)nc(-n3c4ccccc4c4ccccc43)n2)cc1C(F)(F)F. The zero-order valence-corrected chi connectivity index (χ0v) is 28.6. The number of benzene rings is 6. The van der Waals surface area contributed by atoms with E-state index in [0.717, 1.165) is 43.7 Å². The summed E-state index contributed by atoms with van der Waals surface area (Å²) in [6, 6.07) is 43.4. The summed E-state index contributed by atoms with van der Waals surface area (Å²) in [5, 5.41) is 3.83. The van der Waals surface area contributed by atoms with Crippen LogP contribution in [0.1, 0.15) is 31.9 Å². The molecule has 0 aliphatic rings. The summed E-state index contributed by atoms with van der Waals surface area (Å²) < 4.78 is 49.5. The van der Waals surface area contributed by atoms with Crippen molar-refractivity contribution in [2.75, 3.05) is 0 Å². The van der Waals surface area contributed by atoms with Gasteiger partial charge in [-0.15, -0.1) is 0 Å². The second kappa shape index (κ2) is 11.6. The maximum atomic E-state index is 15.3. The van der Waals surface area contributed by atoms with Crippen molar-refractivity contribution in [1.82, 2.24) is 24.1 Å². The van der Waals surface area contributed by atoms with E-state index < -0.39 is 11.7 Å². The second-order valence-corrected chi connectivity index (χ2v) is 14.1. The van der Waals surface area contributed by atoms with Gasteiger partial charge in [-0.05, 0) is 59.5 Å². The van der Waals surface area contributed by atoms with E-state index in [1.165, 1.54) is 12.1 Å². The number of halogens is 3. The first kappa shape index (κ1) is 31.7. The van der Waals surface area contributed by atoms with Gasteiger partial charge in [-0.25, -0.2) is 4.98 Å². The average molecular weight is 688 g/mol. The maximum Gasteiger partial charge on any atom is 0.418 e. The Morgan fingerprint density at radius 3 is 1.58 bits per heavy atom. The summed E-state index contributed by atoms with van der Waals surface area (Å²) in [6.45, 7) is 6.39. The van der Waals surface area contributed by atoms with Crippen LogP contribution in [0, 0.1) is 0 Å². The first-order valence-electron chi connectivity index (χ1n) is 17.1. The Bertz CT molecular complexity index is 2770. The van der Waals surface area contributed by atoms with Crippen molar-refractivity contribution in [3.8, 4) is 34.4 Å². The summed E-state index contributed by atoms with van der Waals surface area (Å²) in [4.78, 5) is 14.6. The van der Waals surface area contributed by atoms with E-state index in [2.05, 4.69) is 26.8 Å². The van der Waals surface area contributed by atoms with E-state index >= 15 is 13.2 Å². The fourth-order valence-electron chi connectivity index (χ4n) is 7.24. The third-order valence-electron chi connectivity index (χ3n) is 9.78. The van der Waals surface area contributed by atoms with Gasteiger partial charge in [-0.3, -0.25) is 4.57 Å². The maximum absolute atomic E-state index is 15.3. The Morgan fingerprint density at radius 2 is 0.981 bits per heavy atom. The number of fused-ring (bicyclic) bond motifs is 6. The van der Waals surface area contributed by atoms with Crippen molar-refractivity contribution in [2.24, 2.45) is 0 Å². The molecule has 0 atom stereocenters. The lowest BCUT2D eigenvalue weighted by molar-refractivity contribution is -0.137. The highest BCUT2D eigenvalue weighted by Gasteiger charge is 2.36. The second-order valence-electron chi connectivity index (χ2n) is 14.1. The van der Waals surface area contributed by atoms with Gasteiger partial charge in [0.25, 0.3) is 0 Å². The summed E-state index contributed by atoms with van der Waals surface area (Å²) in [6.07, 6.45) is -4.68. The van der Waals surface area contributed by atoms with Crippen molar-refractivity contribution in [1.29, 1.82) is 0 Å². The van der Waals surface area contributed by atoms with Crippen LogP contribution >= 0.6 is 0 Å². The summed E-state index contributed by atoms with van der Waals surface area (Å²) in [5.74, 6) is 0.813. The molecule has 0 N–H and O–H groups in total. The van der Waals surface area contributed by atoms with Gasteiger partial charge in [0.05, 0.1) is 33.3 Å². The van der Waals surface area contributed by atoms with Crippen LogP contribution in [0.4, 0.5) is 13.2 Å². The quantitative estimate of drug-likeness (QED) is 0.185. The number of rotatable bonds is 4. The monoisotopic (exact) mass is 687 g/mol. The lowest BCUT2D eigenvalue weighted by atomic mass is 9.86. The average Bonchev–Trinajstić information content (AvgIpc) is 3.67. The van der Waals surface area contributed by atoms with E-state index in [1.807, 2.05) is 120 Å². The van der Waals surface area contributed by atoms with Crippen molar-refractivity contribution >= 4 is 43.6 Å². The highest BCUT2D eigenvalue weighted by molar-refractivity contribution is 6.10. The third kappa shape index (κ3) is 5.13. The molecule has 0 aliphatic heterocycles. The predicted molar refractivity (Wildman–Crippen MR) is 203 cm³/mol. The summed E-state index contributed by atoms with van der Waals surface area (Å²) in [7, 11) is 0. The Labute approximate surface area is 297 Å². The molecule has 52 heavy (non-hydrogen) atoms. The van der Waals surface area contributed by atoms with Crippen molar-refractivity contribution in [2.45, 2.75) is 32.4 Å². The lowest BCUT2D eigenvalue weighted by Crippen LogP contribution is -2.12. The van der Waals surface area contributed by atoms with E-state index in [0.29, 0.717) is 22.8 Å². The number of hydrogen-bond acceptors (Lipinski definition) is 3. The van der Waals surface area contributed by atoms with E-state index in [9.17, 15) is 0 Å². The number of aromatic nitrogens is 5. The topological polar surface area (TPSA) is 48.5 Å². The molecule has 5 nitrogen and oxygen atoms in total. The summed E-state index contributed by atoms with van der Waals surface area (Å²) >= 11 is 0. The molecule has 0 bridgehead atoms. The molecule has 0 radical (unpaired) electrons. The minimum absolute atomic E-state index is 0.0333. The fraction of sp³-hybridized carbons (Fsp3) is 0.114. The summed E-state index contributed by atoms with van der Waals surface area (Å²) in [5.41, 5.74) is 4.34. The number of hydrogen-bond donors (Lipinski definition) is 0.